The van der Waals surface area contributed by atoms with Gasteiger partial charge in [-0.15, -0.1) is 0 Å². The number of hydrogen-bond acceptors (Lipinski definition) is 4. The second kappa shape index (κ2) is 5.15. The van der Waals surface area contributed by atoms with E-state index in [1.165, 1.54) is 19.3 Å². The molecule has 17 heavy (non-hydrogen) atoms. The van der Waals surface area contributed by atoms with Gasteiger partial charge in [0.05, 0.1) is 11.6 Å². The normalized spacial score (nSPS) is 18.4. The predicted octanol–water partition coefficient (Wildman–Crippen LogP) is 2.03. The standard InChI is InChI=1S/C13H18N4/c14-9-11-4-7-16-12(8-11)17-10-13(15)5-2-1-3-6-13/h4,7-8H,1-3,5-6,10,15H2,(H,16,17). The molecule has 2 rings (SSSR count). The molecular formula is C13H18N4. The molecule has 1 saturated carbocycles. The average Bonchev–Trinajstić information content (AvgIpc) is 2.38. The van der Waals surface area contributed by atoms with Crippen LogP contribution in [0.15, 0.2) is 18.3 Å². The highest BCUT2D eigenvalue weighted by Crippen LogP contribution is 2.26. The number of aromatic nitrogens is 1. The Morgan fingerprint density at radius 3 is 2.88 bits per heavy atom. The molecular weight excluding hydrogens is 212 g/mol. The molecule has 1 aromatic rings. The Hall–Kier alpha value is -1.60. The minimum absolute atomic E-state index is 0.109. The van der Waals surface area contributed by atoms with Crippen molar-refractivity contribution in [2.75, 3.05) is 11.9 Å². The molecule has 1 aromatic heterocycles. The number of nitriles is 1. The molecule has 0 aliphatic heterocycles. The van der Waals surface area contributed by atoms with Crippen LogP contribution in [0.4, 0.5) is 5.82 Å². The number of pyridine rings is 1. The van der Waals surface area contributed by atoms with Crippen LogP contribution in [0.25, 0.3) is 0 Å². The topological polar surface area (TPSA) is 74.7 Å². The van der Waals surface area contributed by atoms with E-state index in [0.29, 0.717) is 5.56 Å². The lowest BCUT2D eigenvalue weighted by atomic mass is 9.82. The van der Waals surface area contributed by atoms with Crippen LogP contribution in [0.1, 0.15) is 37.7 Å². The van der Waals surface area contributed by atoms with Crippen molar-refractivity contribution in [3.63, 3.8) is 0 Å². The van der Waals surface area contributed by atoms with Crippen molar-refractivity contribution in [2.45, 2.75) is 37.6 Å². The summed E-state index contributed by atoms with van der Waals surface area (Å²) in [5, 5.41) is 12.0. The molecule has 0 unspecified atom stereocenters. The van der Waals surface area contributed by atoms with E-state index < -0.39 is 0 Å². The molecule has 3 N–H and O–H groups in total. The fourth-order valence-corrected chi connectivity index (χ4v) is 2.30. The predicted molar refractivity (Wildman–Crippen MR) is 67.4 cm³/mol. The van der Waals surface area contributed by atoms with Crippen molar-refractivity contribution in [3.05, 3.63) is 23.9 Å². The van der Waals surface area contributed by atoms with Gasteiger partial charge in [-0.05, 0) is 25.0 Å². The third kappa shape index (κ3) is 3.18. The summed E-state index contributed by atoms with van der Waals surface area (Å²) in [6.45, 7) is 0.731. The molecule has 1 heterocycles. The first-order valence-electron chi connectivity index (χ1n) is 6.11. The van der Waals surface area contributed by atoms with Crippen molar-refractivity contribution < 1.29 is 0 Å². The Labute approximate surface area is 102 Å². The summed E-state index contributed by atoms with van der Waals surface area (Å²) in [5.74, 6) is 0.736. The molecule has 0 aromatic carbocycles. The molecule has 1 fully saturated rings. The highest BCUT2D eigenvalue weighted by Gasteiger charge is 2.26. The van der Waals surface area contributed by atoms with E-state index in [9.17, 15) is 0 Å². The maximum Gasteiger partial charge on any atom is 0.127 e. The number of nitrogens with two attached hydrogens (primary N) is 1. The fraction of sp³-hybridized carbons (Fsp3) is 0.538. The summed E-state index contributed by atoms with van der Waals surface area (Å²) >= 11 is 0. The first-order valence-corrected chi connectivity index (χ1v) is 6.11. The molecule has 1 aliphatic carbocycles. The molecule has 90 valence electrons. The number of hydrogen-bond donors (Lipinski definition) is 2. The Balaban J connectivity index is 1.95. The Morgan fingerprint density at radius 2 is 2.18 bits per heavy atom. The minimum Gasteiger partial charge on any atom is -0.368 e. The maximum absolute atomic E-state index is 8.80. The first-order chi connectivity index (χ1) is 8.22. The summed E-state index contributed by atoms with van der Waals surface area (Å²) < 4.78 is 0. The number of nitrogens with zero attached hydrogens (tertiary/aromatic N) is 2. The van der Waals surface area contributed by atoms with Gasteiger partial charge in [-0.25, -0.2) is 4.98 Å². The van der Waals surface area contributed by atoms with Crippen molar-refractivity contribution in [1.29, 1.82) is 5.26 Å². The number of anilines is 1. The highest BCUT2D eigenvalue weighted by atomic mass is 15.0. The van der Waals surface area contributed by atoms with Crippen LogP contribution in [0.3, 0.4) is 0 Å². The van der Waals surface area contributed by atoms with Crippen LogP contribution in [0, 0.1) is 11.3 Å². The van der Waals surface area contributed by atoms with Crippen LogP contribution in [-0.4, -0.2) is 17.1 Å². The fourth-order valence-electron chi connectivity index (χ4n) is 2.30. The molecule has 0 spiro atoms. The van der Waals surface area contributed by atoms with E-state index in [4.69, 9.17) is 11.0 Å². The van der Waals surface area contributed by atoms with E-state index in [0.717, 1.165) is 25.2 Å². The zero-order valence-electron chi connectivity index (χ0n) is 9.95. The van der Waals surface area contributed by atoms with Crippen molar-refractivity contribution in [1.82, 2.24) is 4.98 Å². The molecule has 0 radical (unpaired) electrons. The molecule has 0 bridgehead atoms. The maximum atomic E-state index is 8.80. The van der Waals surface area contributed by atoms with Gasteiger partial charge in [-0.3, -0.25) is 0 Å². The van der Waals surface area contributed by atoms with Crippen LogP contribution in [0.2, 0.25) is 0 Å². The monoisotopic (exact) mass is 230 g/mol. The average molecular weight is 230 g/mol. The van der Waals surface area contributed by atoms with Gasteiger partial charge < -0.3 is 11.1 Å². The SMILES string of the molecule is N#Cc1ccnc(NCC2(N)CCCCC2)c1. The Kier molecular flexibility index (Phi) is 3.60. The van der Waals surface area contributed by atoms with Gasteiger partial charge in [0.15, 0.2) is 0 Å². The molecule has 0 saturated heterocycles. The van der Waals surface area contributed by atoms with Gasteiger partial charge in [-0.1, -0.05) is 19.3 Å². The summed E-state index contributed by atoms with van der Waals surface area (Å²) in [7, 11) is 0. The van der Waals surface area contributed by atoms with E-state index >= 15 is 0 Å². The van der Waals surface area contributed by atoms with Gasteiger partial charge >= 0.3 is 0 Å². The number of nitrogens with one attached hydrogen (secondary N) is 1. The van der Waals surface area contributed by atoms with Gasteiger partial charge in [0.25, 0.3) is 0 Å². The third-order valence-corrected chi connectivity index (χ3v) is 3.36. The van der Waals surface area contributed by atoms with Crippen molar-refractivity contribution in [2.24, 2.45) is 5.73 Å². The van der Waals surface area contributed by atoms with E-state index in [2.05, 4.69) is 16.4 Å². The van der Waals surface area contributed by atoms with Crippen molar-refractivity contribution in [3.8, 4) is 6.07 Å². The second-order valence-corrected chi connectivity index (χ2v) is 4.82. The third-order valence-electron chi connectivity index (χ3n) is 3.36. The molecule has 0 atom stereocenters. The molecule has 0 amide bonds. The van der Waals surface area contributed by atoms with Crippen LogP contribution < -0.4 is 11.1 Å². The quantitative estimate of drug-likeness (QED) is 0.833. The lowest BCUT2D eigenvalue weighted by Crippen LogP contribution is -2.47. The number of rotatable bonds is 3. The summed E-state index contributed by atoms with van der Waals surface area (Å²) in [6.07, 6.45) is 7.50. The van der Waals surface area contributed by atoms with Gasteiger partial charge in [0.1, 0.15) is 5.82 Å². The Bertz CT molecular complexity index is 416. The van der Waals surface area contributed by atoms with Crippen LogP contribution in [-0.2, 0) is 0 Å². The van der Waals surface area contributed by atoms with Crippen LogP contribution in [0.5, 0.6) is 0 Å². The Morgan fingerprint density at radius 1 is 1.41 bits per heavy atom. The highest BCUT2D eigenvalue weighted by molar-refractivity contribution is 5.42. The van der Waals surface area contributed by atoms with Gasteiger partial charge in [-0.2, -0.15) is 5.26 Å². The van der Waals surface area contributed by atoms with Crippen molar-refractivity contribution >= 4 is 5.82 Å². The first kappa shape index (κ1) is 11.9. The van der Waals surface area contributed by atoms with Gasteiger partial charge in [0.2, 0.25) is 0 Å². The second-order valence-electron chi connectivity index (χ2n) is 4.82. The summed E-state index contributed by atoms with van der Waals surface area (Å²) in [5.41, 5.74) is 6.84. The van der Waals surface area contributed by atoms with Crippen LogP contribution >= 0.6 is 0 Å². The van der Waals surface area contributed by atoms with Gasteiger partial charge in [0, 0.05) is 18.3 Å². The summed E-state index contributed by atoms with van der Waals surface area (Å²) in [4.78, 5) is 4.19. The van der Waals surface area contributed by atoms with E-state index in [1.54, 1.807) is 18.3 Å². The zero-order valence-corrected chi connectivity index (χ0v) is 9.95. The van der Waals surface area contributed by atoms with E-state index in [1.807, 2.05) is 0 Å². The zero-order chi connectivity index (χ0) is 12.1. The lowest BCUT2D eigenvalue weighted by molar-refractivity contribution is 0.311. The molecule has 4 heteroatoms. The van der Waals surface area contributed by atoms with E-state index in [-0.39, 0.29) is 5.54 Å². The molecule has 1 aliphatic rings. The molecule has 4 nitrogen and oxygen atoms in total. The minimum atomic E-state index is -0.109. The summed E-state index contributed by atoms with van der Waals surface area (Å²) in [6, 6.07) is 5.56. The smallest absolute Gasteiger partial charge is 0.127 e. The lowest BCUT2D eigenvalue weighted by Gasteiger charge is -2.33. The largest absolute Gasteiger partial charge is 0.368 e.